The predicted octanol–water partition coefficient (Wildman–Crippen LogP) is -0.180. The maximum absolute atomic E-state index is 11.6. The van der Waals surface area contributed by atoms with Crippen LogP contribution in [0.3, 0.4) is 0 Å². The summed E-state index contributed by atoms with van der Waals surface area (Å²) in [5, 5.41) is 12.9. The van der Waals surface area contributed by atoms with Crippen molar-refractivity contribution in [1.29, 1.82) is 0 Å². The van der Waals surface area contributed by atoms with E-state index in [4.69, 9.17) is 0 Å². The number of hydrogen-bond acceptors (Lipinski definition) is 3. The third-order valence-corrected chi connectivity index (χ3v) is 2.61. The van der Waals surface area contributed by atoms with Crippen molar-refractivity contribution in [3.63, 3.8) is 0 Å². The Morgan fingerprint density at radius 2 is 2.33 bits per heavy atom. The van der Waals surface area contributed by atoms with Gasteiger partial charge in [0.15, 0.2) is 0 Å². The van der Waals surface area contributed by atoms with Gasteiger partial charge in [-0.2, -0.15) is 5.10 Å². The molecule has 0 aliphatic carbocycles. The van der Waals surface area contributed by atoms with Crippen LogP contribution in [0.2, 0.25) is 0 Å². The Morgan fingerprint density at radius 3 is 3.00 bits per heavy atom. The van der Waals surface area contributed by atoms with Crippen molar-refractivity contribution in [3.05, 3.63) is 18.0 Å². The van der Waals surface area contributed by atoms with Crippen LogP contribution in [0.15, 0.2) is 12.3 Å². The van der Waals surface area contributed by atoms with Crippen LogP contribution in [-0.2, 0) is 11.2 Å². The second-order valence-corrected chi connectivity index (χ2v) is 3.85. The minimum absolute atomic E-state index is 0.0751. The van der Waals surface area contributed by atoms with Gasteiger partial charge in [-0.05, 0) is 32.0 Å². The number of piperidine rings is 1. The van der Waals surface area contributed by atoms with E-state index in [1.165, 1.54) is 0 Å². The lowest BCUT2D eigenvalue weighted by atomic mass is 10.1. The SMILES string of the molecule is O=C(Cc1ccn[nH]1)NC1CCNCC1. The van der Waals surface area contributed by atoms with Crippen molar-refractivity contribution >= 4 is 5.91 Å². The second kappa shape index (κ2) is 4.93. The van der Waals surface area contributed by atoms with Gasteiger partial charge in [-0.3, -0.25) is 9.89 Å². The largest absolute Gasteiger partial charge is 0.353 e. The van der Waals surface area contributed by atoms with Crippen molar-refractivity contribution in [2.45, 2.75) is 25.3 Å². The normalized spacial score (nSPS) is 17.6. The number of carbonyl (C=O) groups excluding carboxylic acids is 1. The van der Waals surface area contributed by atoms with E-state index in [-0.39, 0.29) is 5.91 Å². The lowest BCUT2D eigenvalue weighted by molar-refractivity contribution is -0.121. The van der Waals surface area contributed by atoms with Gasteiger partial charge in [-0.25, -0.2) is 0 Å². The predicted molar refractivity (Wildman–Crippen MR) is 56.3 cm³/mol. The van der Waals surface area contributed by atoms with Gasteiger partial charge < -0.3 is 10.6 Å². The molecule has 0 aromatic carbocycles. The number of H-pyrrole nitrogens is 1. The molecule has 1 aromatic heterocycles. The van der Waals surface area contributed by atoms with E-state index in [0.717, 1.165) is 31.6 Å². The molecule has 1 aliphatic heterocycles. The summed E-state index contributed by atoms with van der Waals surface area (Å²) in [4.78, 5) is 11.6. The highest BCUT2D eigenvalue weighted by Gasteiger charge is 2.15. The summed E-state index contributed by atoms with van der Waals surface area (Å²) in [7, 11) is 0. The van der Waals surface area contributed by atoms with E-state index < -0.39 is 0 Å². The molecule has 2 heterocycles. The zero-order valence-corrected chi connectivity index (χ0v) is 8.62. The first kappa shape index (κ1) is 10.2. The van der Waals surface area contributed by atoms with E-state index in [2.05, 4.69) is 20.8 Å². The molecule has 0 bridgehead atoms. The van der Waals surface area contributed by atoms with Gasteiger partial charge in [0.25, 0.3) is 0 Å². The van der Waals surface area contributed by atoms with Crippen molar-refractivity contribution in [2.75, 3.05) is 13.1 Å². The smallest absolute Gasteiger partial charge is 0.226 e. The Kier molecular flexibility index (Phi) is 3.34. The number of rotatable bonds is 3. The Labute approximate surface area is 88.6 Å². The highest BCUT2D eigenvalue weighted by Crippen LogP contribution is 2.02. The molecule has 3 N–H and O–H groups in total. The van der Waals surface area contributed by atoms with Crippen molar-refractivity contribution < 1.29 is 4.79 Å². The zero-order valence-electron chi connectivity index (χ0n) is 8.62. The third kappa shape index (κ3) is 3.06. The number of aromatic amines is 1. The summed E-state index contributed by atoms with van der Waals surface area (Å²) in [6.07, 6.45) is 4.10. The number of aromatic nitrogens is 2. The van der Waals surface area contributed by atoms with Crippen LogP contribution < -0.4 is 10.6 Å². The third-order valence-electron chi connectivity index (χ3n) is 2.61. The molecule has 15 heavy (non-hydrogen) atoms. The number of nitrogens with zero attached hydrogens (tertiary/aromatic N) is 1. The molecule has 5 heteroatoms. The van der Waals surface area contributed by atoms with Crippen molar-refractivity contribution in [3.8, 4) is 0 Å². The molecule has 1 saturated heterocycles. The minimum atomic E-state index is 0.0751. The number of hydrogen-bond donors (Lipinski definition) is 3. The molecule has 1 amide bonds. The fourth-order valence-corrected chi connectivity index (χ4v) is 1.80. The monoisotopic (exact) mass is 208 g/mol. The minimum Gasteiger partial charge on any atom is -0.353 e. The topological polar surface area (TPSA) is 69.8 Å². The highest BCUT2D eigenvalue weighted by atomic mass is 16.1. The molecule has 0 radical (unpaired) electrons. The fourth-order valence-electron chi connectivity index (χ4n) is 1.80. The Bertz CT molecular complexity index is 303. The standard InChI is InChI=1S/C10H16N4O/c15-10(7-9-3-6-12-14-9)13-8-1-4-11-5-2-8/h3,6,8,11H,1-2,4-5,7H2,(H,12,14)(H,13,15). The molecule has 0 saturated carbocycles. The molecule has 0 atom stereocenters. The van der Waals surface area contributed by atoms with Crippen LogP contribution in [0.4, 0.5) is 0 Å². The van der Waals surface area contributed by atoms with Crippen LogP contribution in [0.25, 0.3) is 0 Å². The first-order valence-corrected chi connectivity index (χ1v) is 5.33. The van der Waals surface area contributed by atoms with Crippen LogP contribution in [0, 0.1) is 0 Å². The van der Waals surface area contributed by atoms with Crippen LogP contribution >= 0.6 is 0 Å². The Balaban J connectivity index is 1.76. The molecule has 0 spiro atoms. The molecule has 2 rings (SSSR count). The molecule has 1 aliphatic rings. The average molecular weight is 208 g/mol. The van der Waals surface area contributed by atoms with Gasteiger partial charge >= 0.3 is 0 Å². The Morgan fingerprint density at radius 1 is 1.53 bits per heavy atom. The quantitative estimate of drug-likeness (QED) is 0.645. The van der Waals surface area contributed by atoms with Crippen molar-refractivity contribution in [2.24, 2.45) is 0 Å². The van der Waals surface area contributed by atoms with E-state index in [1.54, 1.807) is 6.20 Å². The maximum atomic E-state index is 11.6. The fraction of sp³-hybridized carbons (Fsp3) is 0.600. The van der Waals surface area contributed by atoms with Crippen molar-refractivity contribution in [1.82, 2.24) is 20.8 Å². The molecule has 0 unspecified atom stereocenters. The van der Waals surface area contributed by atoms with Gasteiger partial charge in [0, 0.05) is 17.9 Å². The molecule has 82 valence electrons. The van der Waals surface area contributed by atoms with Crippen LogP contribution in [0.5, 0.6) is 0 Å². The first-order chi connectivity index (χ1) is 7.34. The summed E-state index contributed by atoms with van der Waals surface area (Å²) in [6, 6.07) is 2.16. The average Bonchev–Trinajstić information content (AvgIpc) is 2.71. The van der Waals surface area contributed by atoms with Gasteiger partial charge in [-0.15, -0.1) is 0 Å². The number of nitrogens with one attached hydrogen (secondary N) is 3. The molecular weight excluding hydrogens is 192 g/mol. The molecule has 1 aromatic rings. The molecule has 1 fully saturated rings. The van der Waals surface area contributed by atoms with E-state index >= 15 is 0 Å². The van der Waals surface area contributed by atoms with E-state index in [9.17, 15) is 4.79 Å². The number of carbonyl (C=O) groups is 1. The maximum Gasteiger partial charge on any atom is 0.226 e. The zero-order chi connectivity index (χ0) is 10.5. The van der Waals surface area contributed by atoms with Crippen LogP contribution in [0.1, 0.15) is 18.5 Å². The molecule has 5 nitrogen and oxygen atoms in total. The summed E-state index contributed by atoms with van der Waals surface area (Å²) < 4.78 is 0. The van der Waals surface area contributed by atoms with Gasteiger partial charge in [0.1, 0.15) is 0 Å². The summed E-state index contributed by atoms with van der Waals surface area (Å²) in [5.74, 6) is 0.0751. The highest BCUT2D eigenvalue weighted by molar-refractivity contribution is 5.78. The van der Waals surface area contributed by atoms with E-state index in [1.807, 2.05) is 6.07 Å². The first-order valence-electron chi connectivity index (χ1n) is 5.33. The Hall–Kier alpha value is -1.36. The second-order valence-electron chi connectivity index (χ2n) is 3.85. The number of amides is 1. The van der Waals surface area contributed by atoms with Crippen LogP contribution in [-0.4, -0.2) is 35.2 Å². The lowest BCUT2D eigenvalue weighted by Gasteiger charge is -2.23. The van der Waals surface area contributed by atoms with Gasteiger partial charge in [-0.1, -0.05) is 0 Å². The summed E-state index contributed by atoms with van der Waals surface area (Å²) in [5.41, 5.74) is 0.862. The lowest BCUT2D eigenvalue weighted by Crippen LogP contribution is -2.43. The van der Waals surface area contributed by atoms with Gasteiger partial charge in [0.2, 0.25) is 5.91 Å². The summed E-state index contributed by atoms with van der Waals surface area (Å²) >= 11 is 0. The van der Waals surface area contributed by atoms with E-state index in [0.29, 0.717) is 12.5 Å². The summed E-state index contributed by atoms with van der Waals surface area (Å²) in [6.45, 7) is 1.99. The molecular formula is C10H16N4O. The van der Waals surface area contributed by atoms with Gasteiger partial charge in [0.05, 0.1) is 6.42 Å².